The summed E-state index contributed by atoms with van der Waals surface area (Å²) in [7, 11) is 1.59. The molecule has 0 aliphatic heterocycles. The Morgan fingerprint density at radius 1 is 1.30 bits per heavy atom. The van der Waals surface area contributed by atoms with E-state index in [0.717, 1.165) is 24.0 Å². The monoisotopic (exact) mass is 419 g/mol. The van der Waals surface area contributed by atoms with Gasteiger partial charge < -0.3 is 9.64 Å². The molecule has 0 fully saturated rings. The van der Waals surface area contributed by atoms with Gasteiger partial charge in [-0.2, -0.15) is 13.2 Å². The molecule has 1 unspecified atom stereocenters. The smallest absolute Gasteiger partial charge is 0.433 e. The van der Waals surface area contributed by atoms with Crippen LogP contribution < -0.4 is 4.74 Å². The molecule has 27 heavy (non-hydrogen) atoms. The molecule has 1 aromatic carbocycles. The number of rotatable bonds is 7. The summed E-state index contributed by atoms with van der Waals surface area (Å²) in [6, 6.07) is 7.61. The summed E-state index contributed by atoms with van der Waals surface area (Å²) in [5, 5.41) is -0.150. The Kier molecular flexibility index (Phi) is 7.32. The molecule has 1 heterocycles. The van der Waals surface area contributed by atoms with Crippen molar-refractivity contribution in [3.8, 4) is 5.75 Å². The molecule has 0 radical (unpaired) electrons. The van der Waals surface area contributed by atoms with Gasteiger partial charge in [0.15, 0.2) is 5.16 Å². The van der Waals surface area contributed by atoms with E-state index in [1.54, 1.807) is 38.2 Å². The Morgan fingerprint density at radius 2 is 1.96 bits per heavy atom. The summed E-state index contributed by atoms with van der Waals surface area (Å²) in [6.07, 6.45) is -3.53. The van der Waals surface area contributed by atoms with Crippen LogP contribution in [0.3, 0.4) is 0 Å². The maximum Gasteiger partial charge on any atom is 0.433 e. The van der Waals surface area contributed by atoms with Crippen LogP contribution in [0.4, 0.5) is 13.2 Å². The standard InChI is InChI=1S/C17H17ClF3N3O2S/c1-11(27-16-22-8-7-14(23-16)17(19,20)21)15(25)24(2)9-10-26-13-5-3-12(18)4-6-13/h3-8,11H,9-10H2,1-2H3. The third-order valence-corrected chi connectivity index (χ3v) is 4.65. The number of alkyl halides is 3. The van der Waals surface area contributed by atoms with Crippen molar-refractivity contribution in [3.63, 3.8) is 0 Å². The van der Waals surface area contributed by atoms with Crippen molar-refractivity contribution < 1.29 is 22.7 Å². The average molecular weight is 420 g/mol. The van der Waals surface area contributed by atoms with Gasteiger partial charge in [0.2, 0.25) is 5.91 Å². The van der Waals surface area contributed by atoms with Gasteiger partial charge in [-0.05, 0) is 37.3 Å². The van der Waals surface area contributed by atoms with Crippen LogP contribution in [-0.2, 0) is 11.0 Å². The quantitative estimate of drug-likeness (QED) is 0.498. The van der Waals surface area contributed by atoms with Crippen LogP contribution in [0, 0.1) is 0 Å². The molecule has 0 bridgehead atoms. The number of hydrogen-bond donors (Lipinski definition) is 0. The second kappa shape index (κ2) is 9.27. The molecular weight excluding hydrogens is 403 g/mol. The highest BCUT2D eigenvalue weighted by Gasteiger charge is 2.33. The van der Waals surface area contributed by atoms with Crippen LogP contribution in [0.25, 0.3) is 0 Å². The zero-order valence-corrected chi connectivity index (χ0v) is 16.1. The number of hydrogen-bond acceptors (Lipinski definition) is 5. The summed E-state index contributed by atoms with van der Waals surface area (Å²) in [4.78, 5) is 21.1. The van der Waals surface area contributed by atoms with E-state index < -0.39 is 17.1 Å². The molecule has 0 saturated heterocycles. The Labute approximate surface area is 163 Å². The number of thioether (sulfide) groups is 1. The first-order chi connectivity index (χ1) is 12.7. The molecule has 146 valence electrons. The molecule has 2 aromatic rings. The molecule has 1 aromatic heterocycles. The van der Waals surface area contributed by atoms with Crippen molar-refractivity contribution in [2.75, 3.05) is 20.2 Å². The second-order valence-corrected chi connectivity index (χ2v) is 7.29. The minimum atomic E-state index is -4.55. The summed E-state index contributed by atoms with van der Waals surface area (Å²) in [5.74, 6) is 0.362. The number of carbonyl (C=O) groups is 1. The van der Waals surface area contributed by atoms with Gasteiger partial charge in [0.05, 0.1) is 11.8 Å². The molecule has 5 nitrogen and oxygen atoms in total. The lowest BCUT2D eigenvalue weighted by Gasteiger charge is -2.21. The molecule has 1 atom stereocenters. The Balaban J connectivity index is 1.85. The van der Waals surface area contributed by atoms with Crippen molar-refractivity contribution in [1.82, 2.24) is 14.9 Å². The Bertz CT molecular complexity index is 775. The van der Waals surface area contributed by atoms with E-state index in [1.165, 1.54) is 4.90 Å². The van der Waals surface area contributed by atoms with Gasteiger partial charge in [0.25, 0.3) is 0 Å². The summed E-state index contributed by atoms with van der Waals surface area (Å²) >= 11 is 6.66. The van der Waals surface area contributed by atoms with E-state index >= 15 is 0 Å². The zero-order chi connectivity index (χ0) is 20.0. The lowest BCUT2D eigenvalue weighted by Crippen LogP contribution is -2.36. The predicted molar refractivity (Wildman–Crippen MR) is 96.9 cm³/mol. The molecule has 1 amide bonds. The fourth-order valence-electron chi connectivity index (χ4n) is 2.02. The van der Waals surface area contributed by atoms with E-state index in [9.17, 15) is 18.0 Å². The maximum atomic E-state index is 12.7. The van der Waals surface area contributed by atoms with Gasteiger partial charge in [-0.3, -0.25) is 4.79 Å². The van der Waals surface area contributed by atoms with Gasteiger partial charge in [-0.15, -0.1) is 0 Å². The molecule has 0 saturated carbocycles. The lowest BCUT2D eigenvalue weighted by atomic mass is 10.3. The summed E-state index contributed by atoms with van der Waals surface area (Å²) in [5.41, 5.74) is -1.04. The lowest BCUT2D eigenvalue weighted by molar-refractivity contribution is -0.141. The molecule has 2 rings (SSSR count). The normalized spacial score (nSPS) is 12.5. The number of ether oxygens (including phenoxy) is 1. The first-order valence-electron chi connectivity index (χ1n) is 7.87. The third kappa shape index (κ3) is 6.59. The van der Waals surface area contributed by atoms with Crippen LogP contribution in [0.2, 0.25) is 5.02 Å². The maximum absolute atomic E-state index is 12.7. The van der Waals surface area contributed by atoms with Gasteiger partial charge in [-0.1, -0.05) is 23.4 Å². The van der Waals surface area contributed by atoms with Gasteiger partial charge in [0, 0.05) is 18.3 Å². The number of carbonyl (C=O) groups excluding carboxylic acids is 1. The molecule has 0 spiro atoms. The highest BCUT2D eigenvalue weighted by atomic mass is 35.5. The van der Waals surface area contributed by atoms with E-state index in [0.29, 0.717) is 17.3 Å². The predicted octanol–water partition coefficient (Wildman–Crippen LogP) is 4.17. The number of benzene rings is 1. The SMILES string of the molecule is CC(Sc1nccc(C(F)(F)F)n1)C(=O)N(C)CCOc1ccc(Cl)cc1. The van der Waals surface area contributed by atoms with Crippen molar-refractivity contribution in [1.29, 1.82) is 0 Å². The fourth-order valence-corrected chi connectivity index (χ4v) is 3.01. The highest BCUT2D eigenvalue weighted by Crippen LogP contribution is 2.29. The first-order valence-corrected chi connectivity index (χ1v) is 9.13. The van der Waals surface area contributed by atoms with Crippen molar-refractivity contribution in [2.45, 2.75) is 23.5 Å². The number of halogens is 4. The molecular formula is C17H17ClF3N3O2S. The summed E-state index contributed by atoms with van der Waals surface area (Å²) in [6.45, 7) is 2.17. The van der Waals surface area contributed by atoms with Crippen molar-refractivity contribution in [3.05, 3.63) is 47.2 Å². The number of nitrogens with zero attached hydrogens (tertiary/aromatic N) is 3. The third-order valence-electron chi connectivity index (χ3n) is 3.44. The van der Waals surface area contributed by atoms with Crippen molar-refractivity contribution in [2.24, 2.45) is 0 Å². The molecule has 0 aliphatic carbocycles. The van der Waals surface area contributed by atoms with E-state index in [2.05, 4.69) is 9.97 Å². The van der Waals surface area contributed by atoms with Crippen LogP contribution in [0.5, 0.6) is 5.75 Å². The minimum absolute atomic E-state index is 0.100. The minimum Gasteiger partial charge on any atom is -0.492 e. The molecule has 0 N–H and O–H groups in total. The molecule has 10 heteroatoms. The summed E-state index contributed by atoms with van der Waals surface area (Å²) < 4.78 is 43.6. The number of amides is 1. The number of aromatic nitrogens is 2. The van der Waals surface area contributed by atoms with E-state index in [-0.39, 0.29) is 17.7 Å². The van der Waals surface area contributed by atoms with Gasteiger partial charge >= 0.3 is 6.18 Å². The van der Waals surface area contributed by atoms with Crippen LogP contribution in [0.15, 0.2) is 41.7 Å². The topological polar surface area (TPSA) is 55.3 Å². The van der Waals surface area contributed by atoms with Crippen LogP contribution in [0.1, 0.15) is 12.6 Å². The largest absolute Gasteiger partial charge is 0.492 e. The van der Waals surface area contributed by atoms with Crippen molar-refractivity contribution >= 4 is 29.3 Å². The highest BCUT2D eigenvalue weighted by molar-refractivity contribution is 8.00. The average Bonchev–Trinajstić information content (AvgIpc) is 2.62. The zero-order valence-electron chi connectivity index (χ0n) is 14.5. The van der Waals surface area contributed by atoms with Gasteiger partial charge in [-0.25, -0.2) is 9.97 Å². The van der Waals surface area contributed by atoms with E-state index in [4.69, 9.17) is 16.3 Å². The van der Waals surface area contributed by atoms with Gasteiger partial charge in [0.1, 0.15) is 18.1 Å². The molecule has 0 aliphatic rings. The number of likely N-dealkylation sites (N-methyl/N-ethyl adjacent to an activating group) is 1. The second-order valence-electron chi connectivity index (χ2n) is 5.54. The van der Waals surface area contributed by atoms with E-state index in [1.807, 2.05) is 0 Å². The Morgan fingerprint density at radius 3 is 2.59 bits per heavy atom. The van der Waals surface area contributed by atoms with Crippen LogP contribution in [-0.4, -0.2) is 46.2 Å². The Hall–Kier alpha value is -2.00. The fraction of sp³-hybridized carbons (Fsp3) is 0.353. The first kappa shape index (κ1) is 21.3. The van der Waals surface area contributed by atoms with Crippen LogP contribution >= 0.6 is 23.4 Å².